The maximum absolute atomic E-state index is 10.8. The molecule has 1 aliphatic carbocycles. The highest BCUT2D eigenvalue weighted by Crippen LogP contribution is 2.29. The zero-order chi connectivity index (χ0) is 10.4. The average Bonchev–Trinajstić information content (AvgIpc) is 2.06. The van der Waals surface area contributed by atoms with Crippen molar-refractivity contribution in [3.05, 3.63) is 10.4 Å². The third kappa shape index (κ3) is 2.90. The van der Waals surface area contributed by atoms with Crippen LogP contribution in [0.25, 0.3) is 10.4 Å². The number of rotatable bonds is 6. The molecule has 0 aromatic heterocycles. The van der Waals surface area contributed by atoms with Crippen LogP contribution in [0.5, 0.6) is 0 Å². The maximum atomic E-state index is 10.8. The lowest BCUT2D eigenvalue weighted by Gasteiger charge is -2.31. The molecule has 1 rings (SSSR count). The molecular weight excluding hydrogens is 184 g/mol. The van der Waals surface area contributed by atoms with Crippen LogP contribution < -0.4 is 5.32 Å². The van der Waals surface area contributed by atoms with E-state index in [0.29, 0.717) is 13.1 Å². The number of hydrogen-bond donors (Lipinski definition) is 2. The molecule has 0 spiro atoms. The number of nitrogens with one attached hydrogen (secondary N) is 1. The van der Waals surface area contributed by atoms with Crippen LogP contribution in [0.2, 0.25) is 0 Å². The Morgan fingerprint density at radius 2 is 2.43 bits per heavy atom. The number of aliphatic carboxylic acids is 1. The predicted molar refractivity (Wildman–Crippen MR) is 50.8 cm³/mol. The zero-order valence-electron chi connectivity index (χ0n) is 7.89. The summed E-state index contributed by atoms with van der Waals surface area (Å²) in [7, 11) is 0. The Kier molecular flexibility index (Phi) is 4.22. The van der Waals surface area contributed by atoms with Crippen LogP contribution in [0, 0.1) is 5.92 Å². The summed E-state index contributed by atoms with van der Waals surface area (Å²) < 4.78 is 0. The second kappa shape index (κ2) is 5.47. The molecule has 1 unspecified atom stereocenters. The molecule has 2 N–H and O–H groups in total. The SMILES string of the molecule is [N-]=[N+]=NCCNC(C(=O)O)C1CCC1. The number of nitrogens with zero attached hydrogens (tertiary/aromatic N) is 3. The van der Waals surface area contributed by atoms with E-state index in [0.717, 1.165) is 19.3 Å². The summed E-state index contributed by atoms with van der Waals surface area (Å²) in [6.45, 7) is 0.727. The van der Waals surface area contributed by atoms with E-state index in [2.05, 4.69) is 15.3 Å². The van der Waals surface area contributed by atoms with Crippen LogP contribution in [0.4, 0.5) is 0 Å². The van der Waals surface area contributed by atoms with Gasteiger partial charge in [0, 0.05) is 18.0 Å². The van der Waals surface area contributed by atoms with Gasteiger partial charge in [0.15, 0.2) is 0 Å². The fraction of sp³-hybridized carbons (Fsp3) is 0.875. The second-order valence-electron chi connectivity index (χ2n) is 3.42. The fourth-order valence-electron chi connectivity index (χ4n) is 1.54. The van der Waals surface area contributed by atoms with Crippen LogP contribution in [0.15, 0.2) is 5.11 Å². The number of carboxylic acid groups (broad SMARTS) is 1. The molecule has 0 radical (unpaired) electrons. The molecule has 0 aliphatic heterocycles. The van der Waals surface area contributed by atoms with E-state index in [4.69, 9.17) is 10.6 Å². The van der Waals surface area contributed by atoms with Gasteiger partial charge < -0.3 is 10.4 Å². The lowest BCUT2D eigenvalue weighted by atomic mass is 9.79. The van der Waals surface area contributed by atoms with Gasteiger partial charge in [-0.15, -0.1) is 0 Å². The standard InChI is InChI=1S/C8H14N4O2/c9-12-11-5-4-10-7(8(13)14)6-2-1-3-6/h6-7,10H,1-5H2,(H,13,14). The van der Waals surface area contributed by atoms with Crippen molar-refractivity contribution in [1.29, 1.82) is 0 Å². The van der Waals surface area contributed by atoms with Crippen molar-refractivity contribution >= 4 is 5.97 Å². The van der Waals surface area contributed by atoms with Gasteiger partial charge in [0.2, 0.25) is 0 Å². The summed E-state index contributed by atoms with van der Waals surface area (Å²) in [6.07, 6.45) is 3.07. The summed E-state index contributed by atoms with van der Waals surface area (Å²) in [5, 5.41) is 15.1. The molecule has 1 fully saturated rings. The van der Waals surface area contributed by atoms with Gasteiger partial charge in [0.25, 0.3) is 0 Å². The summed E-state index contributed by atoms with van der Waals surface area (Å²) in [6, 6.07) is -0.474. The Hall–Kier alpha value is -1.26. The lowest BCUT2D eigenvalue weighted by molar-refractivity contribution is -0.141. The minimum absolute atomic E-state index is 0.249. The quantitative estimate of drug-likeness (QED) is 0.290. The van der Waals surface area contributed by atoms with E-state index in [1.54, 1.807) is 0 Å². The van der Waals surface area contributed by atoms with Crippen LogP contribution in [-0.4, -0.2) is 30.2 Å². The van der Waals surface area contributed by atoms with Crippen LogP contribution in [0.1, 0.15) is 19.3 Å². The highest BCUT2D eigenvalue weighted by Gasteiger charge is 2.31. The molecule has 0 saturated heterocycles. The summed E-state index contributed by atoms with van der Waals surface area (Å²) in [5.74, 6) is -0.561. The Morgan fingerprint density at radius 1 is 1.71 bits per heavy atom. The van der Waals surface area contributed by atoms with Crippen molar-refractivity contribution in [2.24, 2.45) is 11.0 Å². The Labute approximate surface area is 81.9 Å². The molecule has 14 heavy (non-hydrogen) atoms. The highest BCUT2D eigenvalue weighted by molar-refractivity contribution is 5.74. The summed E-state index contributed by atoms with van der Waals surface area (Å²) in [4.78, 5) is 13.4. The van der Waals surface area contributed by atoms with E-state index >= 15 is 0 Å². The number of hydrogen-bond acceptors (Lipinski definition) is 3. The van der Waals surface area contributed by atoms with Gasteiger partial charge in [-0.25, -0.2) is 0 Å². The van der Waals surface area contributed by atoms with Crippen molar-refractivity contribution in [1.82, 2.24) is 5.32 Å². The first kappa shape index (κ1) is 10.8. The second-order valence-corrected chi connectivity index (χ2v) is 3.42. The van der Waals surface area contributed by atoms with Crippen molar-refractivity contribution in [3.63, 3.8) is 0 Å². The van der Waals surface area contributed by atoms with Gasteiger partial charge in [-0.1, -0.05) is 11.5 Å². The van der Waals surface area contributed by atoms with Crippen molar-refractivity contribution in [2.75, 3.05) is 13.1 Å². The van der Waals surface area contributed by atoms with E-state index in [-0.39, 0.29) is 5.92 Å². The smallest absolute Gasteiger partial charge is 0.320 e. The summed E-state index contributed by atoms with van der Waals surface area (Å²) >= 11 is 0. The normalized spacial score (nSPS) is 18.0. The van der Waals surface area contributed by atoms with E-state index in [9.17, 15) is 4.79 Å². The van der Waals surface area contributed by atoms with Gasteiger partial charge in [-0.05, 0) is 24.3 Å². The first-order chi connectivity index (χ1) is 6.75. The topological polar surface area (TPSA) is 98.1 Å². The molecule has 1 aliphatic rings. The average molecular weight is 198 g/mol. The summed E-state index contributed by atoms with van der Waals surface area (Å²) in [5.41, 5.74) is 8.02. The Balaban J connectivity index is 2.28. The van der Waals surface area contributed by atoms with Gasteiger partial charge in [0.1, 0.15) is 6.04 Å². The molecule has 6 nitrogen and oxygen atoms in total. The zero-order valence-corrected chi connectivity index (χ0v) is 7.89. The van der Waals surface area contributed by atoms with Crippen molar-refractivity contribution in [3.8, 4) is 0 Å². The number of carboxylic acids is 1. The minimum Gasteiger partial charge on any atom is -0.480 e. The molecule has 0 amide bonds. The first-order valence-electron chi connectivity index (χ1n) is 4.72. The third-order valence-corrected chi connectivity index (χ3v) is 2.53. The van der Waals surface area contributed by atoms with Gasteiger partial charge >= 0.3 is 5.97 Å². The highest BCUT2D eigenvalue weighted by atomic mass is 16.4. The Bertz CT molecular complexity index is 246. The van der Waals surface area contributed by atoms with Crippen molar-refractivity contribution in [2.45, 2.75) is 25.3 Å². The molecular formula is C8H14N4O2. The third-order valence-electron chi connectivity index (χ3n) is 2.53. The predicted octanol–water partition coefficient (Wildman–Crippen LogP) is 1.14. The first-order valence-corrected chi connectivity index (χ1v) is 4.72. The minimum atomic E-state index is -0.810. The molecule has 1 atom stereocenters. The van der Waals surface area contributed by atoms with Crippen LogP contribution >= 0.6 is 0 Å². The van der Waals surface area contributed by atoms with E-state index < -0.39 is 12.0 Å². The lowest BCUT2D eigenvalue weighted by Crippen LogP contribution is -2.46. The monoisotopic (exact) mass is 198 g/mol. The van der Waals surface area contributed by atoms with Crippen LogP contribution in [0.3, 0.4) is 0 Å². The fourth-order valence-corrected chi connectivity index (χ4v) is 1.54. The van der Waals surface area contributed by atoms with Gasteiger partial charge in [0.05, 0.1) is 0 Å². The van der Waals surface area contributed by atoms with Gasteiger partial charge in [-0.3, -0.25) is 4.79 Å². The van der Waals surface area contributed by atoms with Crippen molar-refractivity contribution < 1.29 is 9.90 Å². The van der Waals surface area contributed by atoms with E-state index in [1.165, 1.54) is 0 Å². The molecule has 0 aromatic rings. The molecule has 78 valence electrons. The maximum Gasteiger partial charge on any atom is 0.320 e. The van der Waals surface area contributed by atoms with E-state index in [1.807, 2.05) is 0 Å². The molecule has 6 heteroatoms. The Morgan fingerprint density at radius 3 is 2.86 bits per heavy atom. The number of carbonyl (C=O) groups is 1. The molecule has 0 bridgehead atoms. The molecule has 0 aromatic carbocycles. The van der Waals surface area contributed by atoms with Gasteiger partial charge in [-0.2, -0.15) is 0 Å². The van der Waals surface area contributed by atoms with Crippen LogP contribution in [-0.2, 0) is 4.79 Å². The number of azide groups is 1. The molecule has 1 saturated carbocycles. The molecule has 0 heterocycles. The largest absolute Gasteiger partial charge is 0.480 e.